The molecule has 44 heavy (non-hydrogen) atoms. The number of nitrogens with zero attached hydrogens (tertiary/aromatic N) is 1. The summed E-state index contributed by atoms with van der Waals surface area (Å²) in [6.45, 7) is -3.48. The first-order valence-electron chi connectivity index (χ1n) is 9.47. The minimum Gasteiger partial charge on any atom is -0.545 e. The number of hydrogen-bond donors (Lipinski definition) is 0. The molecule has 0 aromatic rings. The van der Waals surface area contributed by atoms with Crippen molar-refractivity contribution in [3.05, 3.63) is 11.7 Å². The van der Waals surface area contributed by atoms with Crippen molar-refractivity contribution >= 4 is 16.0 Å². The monoisotopic (exact) mass is 732 g/mol. The zero-order valence-corrected chi connectivity index (χ0v) is 20.2. The number of carbonyl (C=O) groups excluding carboxylic acids is 1. The fourth-order valence-electron chi connectivity index (χ4n) is 2.60. The molecule has 0 saturated heterocycles. The van der Waals surface area contributed by atoms with E-state index in [0.717, 1.165) is 0 Å². The first-order valence-corrected chi connectivity index (χ1v) is 10.9. The zero-order chi connectivity index (χ0) is 36.5. The second-order valence-electron chi connectivity index (χ2n) is 7.67. The summed E-state index contributed by atoms with van der Waals surface area (Å²) in [5.41, 5.74) is -4.32. The topological polar surface area (TPSA) is 77.5 Å². The van der Waals surface area contributed by atoms with E-state index in [1.165, 1.54) is 0 Å². The van der Waals surface area contributed by atoms with Crippen molar-refractivity contribution in [1.82, 2.24) is 4.31 Å². The summed E-state index contributed by atoms with van der Waals surface area (Å²) in [6, 6.07) is -7.62. The van der Waals surface area contributed by atoms with E-state index in [2.05, 4.69) is 0 Å². The summed E-state index contributed by atoms with van der Waals surface area (Å²) in [5, 5.41) is 1.59. The Balaban J connectivity index is 7.54. The van der Waals surface area contributed by atoms with Gasteiger partial charge >= 0.3 is 58.9 Å². The largest absolute Gasteiger partial charge is 0.545 e. The predicted octanol–water partition coefficient (Wildman–Crippen LogP) is 5.73. The smallest absolute Gasteiger partial charge is 0.460 e. The van der Waals surface area contributed by atoms with Crippen LogP contribution in [0.5, 0.6) is 0 Å². The lowest BCUT2D eigenvalue weighted by Gasteiger charge is -2.43. The molecule has 0 radical (unpaired) electrons. The fraction of sp³-hybridized carbons (Fsp3) is 0.800. The van der Waals surface area contributed by atoms with E-state index in [1.807, 2.05) is 0 Å². The highest BCUT2D eigenvalue weighted by Gasteiger charge is 2.96. The molecule has 0 heterocycles. The predicted molar refractivity (Wildman–Crippen MR) is 86.1 cm³/mol. The summed E-state index contributed by atoms with van der Waals surface area (Å²) < 4.78 is 328. The fourth-order valence-corrected chi connectivity index (χ4v) is 4.09. The molecule has 0 rings (SSSR count). The second kappa shape index (κ2) is 10.8. The van der Waals surface area contributed by atoms with Crippen LogP contribution in [0.4, 0.5) is 101 Å². The minimum atomic E-state index is -9.40. The van der Waals surface area contributed by atoms with Gasteiger partial charge in [0, 0.05) is 6.54 Å². The van der Waals surface area contributed by atoms with Crippen LogP contribution in [0.25, 0.3) is 0 Å². The van der Waals surface area contributed by atoms with Crippen LogP contribution >= 0.6 is 0 Å². The molecule has 29 heteroatoms. The van der Waals surface area contributed by atoms with Gasteiger partial charge < -0.3 is 9.90 Å². The number of carbonyl (C=O) groups is 1. The van der Waals surface area contributed by atoms with Gasteiger partial charge in [-0.3, -0.25) is 0 Å². The number of rotatable bonds is 13. The molecule has 262 valence electrons. The summed E-state index contributed by atoms with van der Waals surface area (Å²) in [5.74, 6) is -66.4. The third-order valence-corrected chi connectivity index (χ3v) is 6.96. The summed E-state index contributed by atoms with van der Waals surface area (Å²) >= 11 is 0. The molecular formula is C15H5F23NO4S-. The summed E-state index contributed by atoms with van der Waals surface area (Å²) in [6.07, 6.45) is -12.6. The van der Waals surface area contributed by atoms with Gasteiger partial charge in [-0.2, -0.15) is 101 Å². The quantitative estimate of drug-likeness (QED) is 0.138. The molecule has 0 aliphatic rings. The number of halogens is 23. The molecule has 0 aromatic heterocycles. The Bertz CT molecular complexity index is 1250. The van der Waals surface area contributed by atoms with Crippen molar-refractivity contribution in [3.63, 3.8) is 0 Å². The molecule has 0 aliphatic heterocycles. The van der Waals surface area contributed by atoms with Crippen molar-refractivity contribution in [3.8, 4) is 0 Å². The van der Waals surface area contributed by atoms with Crippen molar-refractivity contribution in [2.24, 2.45) is 0 Å². The van der Waals surface area contributed by atoms with Gasteiger partial charge in [0.05, 0.1) is 5.97 Å². The molecule has 0 spiro atoms. The van der Waals surface area contributed by atoms with Gasteiger partial charge in [0.15, 0.2) is 0 Å². The number of carboxylic acid groups (broad SMARTS) is 1. The molecule has 0 atom stereocenters. The molecule has 0 aromatic carbocycles. The van der Waals surface area contributed by atoms with Crippen LogP contribution in [0.1, 0.15) is 6.92 Å². The number of aliphatic carboxylic acids is 1. The lowest BCUT2D eigenvalue weighted by atomic mass is 9.91. The van der Waals surface area contributed by atoms with Crippen LogP contribution in [0.3, 0.4) is 0 Å². The summed E-state index contributed by atoms with van der Waals surface area (Å²) in [7, 11) is -9.14. The Morgan fingerprint density at radius 3 is 1.14 bits per heavy atom. The molecule has 0 unspecified atom stereocenters. The van der Waals surface area contributed by atoms with Gasteiger partial charge in [0.2, 0.25) is 0 Å². The number of carboxylic acids is 1. The van der Waals surface area contributed by atoms with E-state index >= 15 is 0 Å². The van der Waals surface area contributed by atoms with Crippen LogP contribution < -0.4 is 5.11 Å². The molecule has 0 saturated carbocycles. The molecule has 0 bridgehead atoms. The third kappa shape index (κ3) is 5.17. The maximum absolute atomic E-state index is 14.2. The normalized spacial score (nSPS) is 15.9. The van der Waals surface area contributed by atoms with E-state index in [1.54, 1.807) is 0 Å². The standard InChI is InChI=1S/C15H6F23NO4S/c1-2-39(14(35,36)6(18,19)3(4(16)17)5(40)41)44(42,43)15(37,38)12(30,31)10(26,27)8(22,23)7(20,21)9(24,25)11(28,29)13(32,33)34/h2H2,1H3,(H,40,41)/p-1. The van der Waals surface area contributed by atoms with E-state index in [-0.39, 0.29) is 0 Å². The van der Waals surface area contributed by atoms with E-state index < -0.39 is 104 Å². The zero-order valence-electron chi connectivity index (χ0n) is 19.4. The van der Waals surface area contributed by atoms with E-state index in [9.17, 15) is 119 Å². The first-order chi connectivity index (χ1) is 18.7. The van der Waals surface area contributed by atoms with Crippen molar-refractivity contribution in [2.45, 2.75) is 65.9 Å². The van der Waals surface area contributed by atoms with Gasteiger partial charge in [0.25, 0.3) is 16.1 Å². The Kier molecular flexibility index (Phi) is 10.2. The first kappa shape index (κ1) is 41.5. The molecule has 0 fully saturated rings. The number of hydrogen-bond acceptors (Lipinski definition) is 4. The second-order valence-corrected chi connectivity index (χ2v) is 9.57. The lowest BCUT2D eigenvalue weighted by Crippen LogP contribution is -2.75. The SMILES string of the molecule is CCN(C(F)(F)C(F)(F)C(C(=O)[O-])=C(F)F)S(=O)(=O)C(F)(F)C(F)(F)C(F)(F)C(F)(F)C(F)(F)C(F)(F)C(F)(F)C(F)(F)F. The average Bonchev–Trinajstić information content (AvgIpc) is 2.76. The molecule has 5 nitrogen and oxygen atoms in total. The average molecular weight is 732 g/mol. The molecular weight excluding hydrogens is 727 g/mol. The molecule has 0 amide bonds. The van der Waals surface area contributed by atoms with Gasteiger partial charge in [0.1, 0.15) is 5.57 Å². The molecule has 0 aliphatic carbocycles. The lowest BCUT2D eigenvalue weighted by molar-refractivity contribution is -0.458. The van der Waals surface area contributed by atoms with E-state index in [0.29, 0.717) is 0 Å². The van der Waals surface area contributed by atoms with Gasteiger partial charge in [-0.25, -0.2) is 8.42 Å². The van der Waals surface area contributed by atoms with Gasteiger partial charge in [-0.1, -0.05) is 6.92 Å². The van der Waals surface area contributed by atoms with E-state index in [4.69, 9.17) is 0 Å². The highest BCUT2D eigenvalue weighted by Crippen LogP contribution is 2.65. The highest BCUT2D eigenvalue weighted by atomic mass is 32.2. The Hall–Kier alpha value is -2.49. The van der Waals surface area contributed by atoms with Crippen LogP contribution in [-0.4, -0.2) is 84.2 Å². The van der Waals surface area contributed by atoms with Crippen LogP contribution in [0.2, 0.25) is 0 Å². The number of alkyl halides is 21. The Labute approximate surface area is 224 Å². The van der Waals surface area contributed by atoms with Crippen LogP contribution in [0, 0.1) is 0 Å². The van der Waals surface area contributed by atoms with Gasteiger partial charge in [-0.05, 0) is 0 Å². The van der Waals surface area contributed by atoms with Crippen LogP contribution in [0.15, 0.2) is 11.7 Å². The number of sulfonamides is 1. The Morgan fingerprint density at radius 1 is 0.591 bits per heavy atom. The highest BCUT2D eigenvalue weighted by molar-refractivity contribution is 7.90. The molecule has 0 N–H and O–H groups in total. The van der Waals surface area contributed by atoms with Crippen molar-refractivity contribution < 1.29 is 119 Å². The maximum atomic E-state index is 14.2. The third-order valence-electron chi connectivity index (χ3n) is 4.99. The van der Waals surface area contributed by atoms with Crippen molar-refractivity contribution in [1.29, 1.82) is 0 Å². The Morgan fingerprint density at radius 2 is 0.886 bits per heavy atom. The van der Waals surface area contributed by atoms with Crippen LogP contribution in [-0.2, 0) is 14.8 Å². The summed E-state index contributed by atoms with van der Waals surface area (Å²) in [4.78, 5) is 10.4. The van der Waals surface area contributed by atoms with Crippen molar-refractivity contribution in [2.75, 3.05) is 6.54 Å². The maximum Gasteiger partial charge on any atom is 0.460 e. The minimum absolute atomic E-state index is 0.482. The van der Waals surface area contributed by atoms with Gasteiger partial charge in [-0.15, -0.1) is 4.31 Å².